The van der Waals surface area contributed by atoms with Crippen LogP contribution in [0.1, 0.15) is 18.9 Å². The van der Waals surface area contributed by atoms with Gasteiger partial charge in [0, 0.05) is 6.42 Å². The number of aliphatic hydroxyl groups is 4. The minimum absolute atomic E-state index is 0.178. The third kappa shape index (κ3) is 4.35. The lowest BCUT2D eigenvalue weighted by molar-refractivity contribution is -0.144. The van der Waals surface area contributed by atoms with E-state index in [1.165, 1.54) is 24.3 Å². The van der Waals surface area contributed by atoms with Gasteiger partial charge in [0.1, 0.15) is 24.1 Å². The SMILES string of the molecule is CC[C@@H](O)[C@@H](O)[C@H](O)[C@@H](O)C(=O)Cc1ccc(F)cc1. The maximum absolute atomic E-state index is 12.7. The predicted molar refractivity (Wildman–Crippen MR) is 69.4 cm³/mol. The summed E-state index contributed by atoms with van der Waals surface area (Å²) in [6.45, 7) is 1.59. The van der Waals surface area contributed by atoms with Crippen molar-refractivity contribution in [2.75, 3.05) is 0 Å². The minimum atomic E-state index is -1.81. The zero-order valence-corrected chi connectivity index (χ0v) is 11.1. The Balaban J connectivity index is 2.64. The van der Waals surface area contributed by atoms with Crippen LogP contribution >= 0.6 is 0 Å². The number of ketones is 1. The normalized spacial score (nSPS) is 17.3. The lowest BCUT2D eigenvalue weighted by Gasteiger charge is -2.25. The number of Topliss-reactive ketones (excluding diaryl/α,β-unsaturated/α-hetero) is 1. The van der Waals surface area contributed by atoms with E-state index in [0.29, 0.717) is 5.56 Å². The van der Waals surface area contributed by atoms with Gasteiger partial charge >= 0.3 is 0 Å². The average Bonchev–Trinajstić information content (AvgIpc) is 2.46. The molecule has 0 bridgehead atoms. The first-order chi connectivity index (χ1) is 9.36. The molecule has 0 saturated carbocycles. The summed E-state index contributed by atoms with van der Waals surface area (Å²) in [5.41, 5.74) is 0.480. The fourth-order valence-electron chi connectivity index (χ4n) is 1.75. The molecule has 0 saturated heterocycles. The van der Waals surface area contributed by atoms with Crippen LogP contribution in [0.15, 0.2) is 24.3 Å². The molecule has 0 amide bonds. The van der Waals surface area contributed by atoms with E-state index in [9.17, 15) is 29.6 Å². The summed E-state index contributed by atoms with van der Waals surface area (Å²) in [5.74, 6) is -1.16. The van der Waals surface area contributed by atoms with Gasteiger partial charge in [-0.05, 0) is 24.1 Å². The van der Waals surface area contributed by atoms with Crippen molar-refractivity contribution in [3.63, 3.8) is 0 Å². The second-order valence-electron chi connectivity index (χ2n) is 4.67. The third-order valence-corrected chi connectivity index (χ3v) is 3.11. The highest BCUT2D eigenvalue weighted by atomic mass is 19.1. The molecule has 0 fully saturated rings. The van der Waals surface area contributed by atoms with Crippen LogP contribution in [0.5, 0.6) is 0 Å². The van der Waals surface area contributed by atoms with Crippen molar-refractivity contribution in [3.05, 3.63) is 35.6 Å². The van der Waals surface area contributed by atoms with Gasteiger partial charge in [-0.1, -0.05) is 19.1 Å². The number of halogens is 1. The molecule has 5 nitrogen and oxygen atoms in total. The van der Waals surface area contributed by atoms with Crippen molar-refractivity contribution < 1.29 is 29.6 Å². The first-order valence-electron chi connectivity index (χ1n) is 6.36. The van der Waals surface area contributed by atoms with Gasteiger partial charge in [-0.2, -0.15) is 0 Å². The summed E-state index contributed by atoms with van der Waals surface area (Å²) in [4.78, 5) is 11.8. The largest absolute Gasteiger partial charge is 0.390 e. The molecule has 4 atom stereocenters. The van der Waals surface area contributed by atoms with Crippen molar-refractivity contribution in [1.29, 1.82) is 0 Å². The zero-order valence-electron chi connectivity index (χ0n) is 11.1. The van der Waals surface area contributed by atoms with Crippen LogP contribution < -0.4 is 0 Å². The summed E-state index contributed by atoms with van der Waals surface area (Å²) in [7, 11) is 0. The van der Waals surface area contributed by atoms with Gasteiger partial charge in [0.2, 0.25) is 0 Å². The lowest BCUT2D eigenvalue weighted by Crippen LogP contribution is -2.47. The summed E-state index contributed by atoms with van der Waals surface area (Å²) in [6.07, 6.45) is -6.43. The number of carbonyl (C=O) groups is 1. The highest BCUT2D eigenvalue weighted by Gasteiger charge is 2.33. The first-order valence-corrected chi connectivity index (χ1v) is 6.36. The van der Waals surface area contributed by atoms with E-state index in [2.05, 4.69) is 0 Å². The number of rotatable bonds is 7. The van der Waals surface area contributed by atoms with Crippen LogP contribution in [0, 0.1) is 5.82 Å². The third-order valence-electron chi connectivity index (χ3n) is 3.11. The van der Waals surface area contributed by atoms with E-state index < -0.39 is 36.0 Å². The van der Waals surface area contributed by atoms with Crippen LogP contribution in [-0.2, 0) is 11.2 Å². The van der Waals surface area contributed by atoms with Crippen LogP contribution in [0.4, 0.5) is 4.39 Å². The molecule has 0 radical (unpaired) electrons. The number of aliphatic hydroxyl groups excluding tert-OH is 4. The van der Waals surface area contributed by atoms with E-state index in [0.717, 1.165) is 0 Å². The predicted octanol–water partition coefficient (Wildman–Crippen LogP) is -0.209. The summed E-state index contributed by atoms with van der Waals surface area (Å²) in [6, 6.07) is 5.15. The first kappa shape index (κ1) is 16.7. The molecular formula is C14H19FO5. The molecule has 1 aromatic carbocycles. The van der Waals surface area contributed by atoms with E-state index in [1.807, 2.05) is 0 Å². The Bertz CT molecular complexity index is 434. The van der Waals surface area contributed by atoms with Gasteiger partial charge < -0.3 is 20.4 Å². The smallest absolute Gasteiger partial charge is 0.168 e. The van der Waals surface area contributed by atoms with Gasteiger partial charge in [0.25, 0.3) is 0 Å². The number of benzene rings is 1. The zero-order chi connectivity index (χ0) is 15.3. The molecule has 1 aromatic rings. The molecule has 6 heteroatoms. The average molecular weight is 286 g/mol. The molecule has 0 aliphatic heterocycles. The Morgan fingerprint density at radius 1 is 1.10 bits per heavy atom. The number of hydrogen-bond donors (Lipinski definition) is 4. The Kier molecular flexibility index (Phi) is 6.22. The minimum Gasteiger partial charge on any atom is -0.390 e. The standard InChI is InChI=1S/C14H19FO5/c1-2-10(16)12(18)14(20)13(19)11(17)7-8-3-5-9(15)6-4-8/h3-6,10,12-14,16,18-20H,2,7H2,1H3/t10-,12-,13+,14+/m1/s1. The molecule has 0 aromatic heterocycles. The second kappa shape index (κ2) is 7.44. The van der Waals surface area contributed by atoms with Crippen molar-refractivity contribution in [2.45, 2.75) is 44.2 Å². The van der Waals surface area contributed by atoms with E-state index in [1.54, 1.807) is 6.92 Å². The lowest BCUT2D eigenvalue weighted by atomic mass is 9.96. The van der Waals surface area contributed by atoms with Crippen LogP contribution in [-0.4, -0.2) is 50.6 Å². The summed E-state index contributed by atoms with van der Waals surface area (Å²) < 4.78 is 12.7. The molecule has 1 rings (SSSR count). The van der Waals surface area contributed by atoms with Crippen LogP contribution in [0.25, 0.3) is 0 Å². The summed E-state index contributed by atoms with van der Waals surface area (Å²) in [5, 5.41) is 38.2. The highest BCUT2D eigenvalue weighted by molar-refractivity contribution is 5.85. The molecule has 0 unspecified atom stereocenters. The van der Waals surface area contributed by atoms with Gasteiger partial charge in [-0.15, -0.1) is 0 Å². The molecule has 0 spiro atoms. The maximum atomic E-state index is 12.7. The van der Waals surface area contributed by atoms with Crippen molar-refractivity contribution in [2.24, 2.45) is 0 Å². The number of carbonyl (C=O) groups excluding carboxylic acids is 1. The van der Waals surface area contributed by atoms with Crippen molar-refractivity contribution in [1.82, 2.24) is 0 Å². The second-order valence-corrected chi connectivity index (χ2v) is 4.67. The molecule has 112 valence electrons. The van der Waals surface area contributed by atoms with E-state index >= 15 is 0 Å². The van der Waals surface area contributed by atoms with Crippen molar-refractivity contribution in [3.8, 4) is 0 Å². The molecule has 0 heterocycles. The number of hydrogen-bond acceptors (Lipinski definition) is 5. The van der Waals surface area contributed by atoms with Gasteiger partial charge in [-0.3, -0.25) is 4.79 Å². The molecule has 0 aliphatic rings. The Morgan fingerprint density at radius 3 is 2.15 bits per heavy atom. The van der Waals surface area contributed by atoms with Crippen LogP contribution in [0.3, 0.4) is 0 Å². The maximum Gasteiger partial charge on any atom is 0.168 e. The topological polar surface area (TPSA) is 98.0 Å². The van der Waals surface area contributed by atoms with E-state index in [4.69, 9.17) is 0 Å². The Labute approximate surface area is 116 Å². The van der Waals surface area contributed by atoms with Gasteiger partial charge in [-0.25, -0.2) is 4.39 Å². The Hall–Kier alpha value is -1.34. The molecule has 20 heavy (non-hydrogen) atoms. The fourth-order valence-corrected chi connectivity index (χ4v) is 1.75. The Morgan fingerprint density at radius 2 is 1.65 bits per heavy atom. The van der Waals surface area contributed by atoms with Gasteiger partial charge in [0.15, 0.2) is 5.78 Å². The van der Waals surface area contributed by atoms with E-state index in [-0.39, 0.29) is 12.8 Å². The monoisotopic (exact) mass is 286 g/mol. The summed E-state index contributed by atoms with van der Waals surface area (Å²) >= 11 is 0. The molecular weight excluding hydrogens is 267 g/mol. The van der Waals surface area contributed by atoms with Gasteiger partial charge in [0.05, 0.1) is 6.10 Å². The fraction of sp³-hybridized carbons (Fsp3) is 0.500. The van der Waals surface area contributed by atoms with Crippen molar-refractivity contribution >= 4 is 5.78 Å². The molecule has 4 N–H and O–H groups in total. The molecule has 0 aliphatic carbocycles. The quantitative estimate of drug-likeness (QED) is 0.556. The van der Waals surface area contributed by atoms with Crippen LogP contribution in [0.2, 0.25) is 0 Å². The highest BCUT2D eigenvalue weighted by Crippen LogP contribution is 2.11.